The van der Waals surface area contributed by atoms with Gasteiger partial charge >= 0.3 is 0 Å². The summed E-state index contributed by atoms with van der Waals surface area (Å²) >= 11 is 0. The summed E-state index contributed by atoms with van der Waals surface area (Å²) in [4.78, 5) is 9.22. The maximum atomic E-state index is 5.30. The van der Waals surface area contributed by atoms with E-state index in [1.807, 2.05) is 0 Å². The number of nitrogens with one attached hydrogen (secondary N) is 1. The van der Waals surface area contributed by atoms with Crippen LogP contribution in [0.4, 0.5) is 0 Å². The van der Waals surface area contributed by atoms with E-state index in [1.165, 1.54) is 12.8 Å². The quantitative estimate of drug-likeness (QED) is 0.797. The van der Waals surface area contributed by atoms with Gasteiger partial charge in [-0.3, -0.25) is 9.80 Å². The van der Waals surface area contributed by atoms with Gasteiger partial charge in [0.05, 0.1) is 6.54 Å². The number of hydrogen-bond donors (Lipinski definition) is 1. The van der Waals surface area contributed by atoms with Crippen molar-refractivity contribution in [2.24, 2.45) is 0 Å². The molecule has 2 aliphatic rings. The second-order valence-corrected chi connectivity index (χ2v) is 5.65. The highest BCUT2D eigenvalue weighted by Gasteiger charge is 2.28. The number of nitrogens with zero attached hydrogens (tertiary/aromatic N) is 4. The third kappa shape index (κ3) is 3.75. The molecule has 2 fully saturated rings. The molecular formula is C13H23N5O. The standard InChI is InChI=1S/C13H23N5O/c1-17(8-9-18-6-4-14-5-7-18)10-12-15-13(16-19-12)11-2-3-11/h11,14H,2-10H2,1H3. The lowest BCUT2D eigenvalue weighted by molar-refractivity contribution is 0.192. The normalized spacial score (nSPS) is 21.2. The molecule has 0 amide bonds. The number of piperazine rings is 1. The smallest absolute Gasteiger partial charge is 0.240 e. The summed E-state index contributed by atoms with van der Waals surface area (Å²) in [5.74, 6) is 2.24. The van der Waals surface area contributed by atoms with Crippen LogP contribution in [0.1, 0.15) is 30.5 Å². The Morgan fingerprint density at radius 2 is 2.16 bits per heavy atom. The Morgan fingerprint density at radius 1 is 1.37 bits per heavy atom. The number of rotatable bonds is 6. The maximum absolute atomic E-state index is 5.30. The lowest BCUT2D eigenvalue weighted by atomic mass is 10.3. The summed E-state index contributed by atoms with van der Waals surface area (Å²) in [6.45, 7) is 7.44. The fraction of sp³-hybridized carbons (Fsp3) is 0.846. The van der Waals surface area contributed by atoms with Crippen molar-refractivity contribution in [2.45, 2.75) is 25.3 Å². The molecule has 0 aromatic carbocycles. The number of likely N-dealkylation sites (N-methyl/N-ethyl adjacent to an activating group) is 1. The molecule has 0 bridgehead atoms. The Labute approximate surface area is 114 Å². The van der Waals surface area contributed by atoms with Gasteiger partial charge in [-0.05, 0) is 19.9 Å². The van der Waals surface area contributed by atoms with E-state index < -0.39 is 0 Å². The van der Waals surface area contributed by atoms with Gasteiger partial charge in [0, 0.05) is 45.2 Å². The van der Waals surface area contributed by atoms with Crippen LogP contribution in [0.5, 0.6) is 0 Å². The minimum atomic E-state index is 0.573. The molecule has 3 rings (SSSR count). The first kappa shape index (κ1) is 13.0. The van der Waals surface area contributed by atoms with Gasteiger partial charge in [0.2, 0.25) is 5.89 Å². The van der Waals surface area contributed by atoms with Crippen LogP contribution in [0.25, 0.3) is 0 Å². The Morgan fingerprint density at radius 3 is 2.89 bits per heavy atom. The van der Waals surface area contributed by atoms with Crippen molar-refractivity contribution in [2.75, 3.05) is 46.3 Å². The molecule has 0 radical (unpaired) electrons. The van der Waals surface area contributed by atoms with E-state index in [4.69, 9.17) is 4.52 Å². The molecule has 1 aromatic heterocycles. The highest BCUT2D eigenvalue weighted by Crippen LogP contribution is 2.38. The van der Waals surface area contributed by atoms with E-state index in [0.29, 0.717) is 5.92 Å². The van der Waals surface area contributed by atoms with Crippen molar-refractivity contribution >= 4 is 0 Å². The van der Waals surface area contributed by atoms with Gasteiger partial charge in [-0.1, -0.05) is 5.16 Å². The maximum Gasteiger partial charge on any atom is 0.240 e. The van der Waals surface area contributed by atoms with Crippen molar-refractivity contribution < 1.29 is 4.52 Å². The van der Waals surface area contributed by atoms with Crippen molar-refractivity contribution in [1.82, 2.24) is 25.3 Å². The van der Waals surface area contributed by atoms with Gasteiger partial charge in [0.1, 0.15) is 0 Å². The largest absolute Gasteiger partial charge is 0.338 e. The molecule has 1 N–H and O–H groups in total. The van der Waals surface area contributed by atoms with Gasteiger partial charge in [0.15, 0.2) is 5.82 Å². The zero-order valence-corrected chi connectivity index (χ0v) is 11.6. The molecule has 1 saturated heterocycles. The van der Waals surface area contributed by atoms with Gasteiger partial charge in [0.25, 0.3) is 0 Å². The van der Waals surface area contributed by atoms with Gasteiger partial charge in [-0.15, -0.1) is 0 Å². The SMILES string of the molecule is CN(CCN1CCNCC1)Cc1nc(C2CC2)no1. The Hall–Kier alpha value is -0.980. The second kappa shape index (κ2) is 5.98. The predicted molar refractivity (Wildman–Crippen MR) is 71.9 cm³/mol. The summed E-state index contributed by atoms with van der Waals surface area (Å²) < 4.78 is 5.30. The van der Waals surface area contributed by atoms with Crippen LogP contribution in [0.15, 0.2) is 4.52 Å². The fourth-order valence-electron chi connectivity index (χ4n) is 2.40. The first-order valence-electron chi connectivity index (χ1n) is 7.25. The van der Waals surface area contributed by atoms with Crippen LogP contribution in [0.3, 0.4) is 0 Å². The van der Waals surface area contributed by atoms with Crippen molar-refractivity contribution in [3.05, 3.63) is 11.7 Å². The van der Waals surface area contributed by atoms with Crippen LogP contribution in [0.2, 0.25) is 0 Å². The fourth-order valence-corrected chi connectivity index (χ4v) is 2.40. The average Bonchev–Trinajstić information content (AvgIpc) is 3.19. The Kier molecular flexibility index (Phi) is 4.10. The molecule has 6 heteroatoms. The van der Waals surface area contributed by atoms with Gasteiger partial charge in [-0.25, -0.2) is 0 Å². The molecule has 1 aromatic rings. The Bertz CT molecular complexity index is 397. The Balaban J connectivity index is 1.40. The van der Waals surface area contributed by atoms with Crippen LogP contribution in [-0.2, 0) is 6.54 Å². The van der Waals surface area contributed by atoms with Crippen LogP contribution < -0.4 is 5.32 Å². The lowest BCUT2D eigenvalue weighted by Crippen LogP contribution is -2.45. The summed E-state index contributed by atoms with van der Waals surface area (Å²) in [6.07, 6.45) is 2.44. The molecule has 0 spiro atoms. The topological polar surface area (TPSA) is 57.4 Å². The van der Waals surface area contributed by atoms with E-state index in [-0.39, 0.29) is 0 Å². The molecule has 1 aliphatic heterocycles. The monoisotopic (exact) mass is 265 g/mol. The van der Waals surface area contributed by atoms with Gasteiger partial charge in [-0.2, -0.15) is 4.98 Å². The highest BCUT2D eigenvalue weighted by atomic mass is 16.5. The molecule has 1 saturated carbocycles. The molecule has 19 heavy (non-hydrogen) atoms. The number of aromatic nitrogens is 2. The number of hydrogen-bond acceptors (Lipinski definition) is 6. The van der Waals surface area contributed by atoms with E-state index >= 15 is 0 Å². The molecule has 0 unspecified atom stereocenters. The predicted octanol–water partition coefficient (Wildman–Crippen LogP) is 0.284. The third-order valence-electron chi connectivity index (χ3n) is 3.84. The second-order valence-electron chi connectivity index (χ2n) is 5.65. The van der Waals surface area contributed by atoms with Crippen molar-refractivity contribution in [1.29, 1.82) is 0 Å². The van der Waals surface area contributed by atoms with Crippen LogP contribution in [0, 0.1) is 0 Å². The minimum Gasteiger partial charge on any atom is -0.338 e. The lowest BCUT2D eigenvalue weighted by Gasteiger charge is -2.28. The highest BCUT2D eigenvalue weighted by molar-refractivity contribution is 5.03. The minimum absolute atomic E-state index is 0.573. The van der Waals surface area contributed by atoms with Crippen molar-refractivity contribution in [3.63, 3.8) is 0 Å². The van der Waals surface area contributed by atoms with Crippen LogP contribution >= 0.6 is 0 Å². The van der Waals surface area contributed by atoms with Crippen LogP contribution in [-0.4, -0.2) is 66.3 Å². The van der Waals surface area contributed by atoms with E-state index in [2.05, 4.69) is 32.3 Å². The summed E-state index contributed by atoms with van der Waals surface area (Å²) in [5.41, 5.74) is 0. The zero-order valence-electron chi connectivity index (χ0n) is 11.6. The first-order chi connectivity index (χ1) is 9.31. The summed E-state index contributed by atoms with van der Waals surface area (Å²) in [7, 11) is 2.11. The zero-order chi connectivity index (χ0) is 13.1. The first-order valence-corrected chi connectivity index (χ1v) is 7.25. The molecule has 6 nitrogen and oxygen atoms in total. The molecule has 0 atom stereocenters. The molecular weight excluding hydrogens is 242 g/mol. The summed E-state index contributed by atoms with van der Waals surface area (Å²) in [5, 5.41) is 7.42. The van der Waals surface area contributed by atoms with E-state index in [1.54, 1.807) is 0 Å². The third-order valence-corrected chi connectivity index (χ3v) is 3.84. The summed E-state index contributed by atoms with van der Waals surface area (Å²) in [6, 6.07) is 0. The van der Waals surface area contributed by atoms with Gasteiger partial charge < -0.3 is 9.84 Å². The van der Waals surface area contributed by atoms with E-state index in [0.717, 1.165) is 57.5 Å². The van der Waals surface area contributed by atoms with Crippen molar-refractivity contribution in [3.8, 4) is 0 Å². The molecule has 1 aliphatic carbocycles. The molecule has 106 valence electrons. The van der Waals surface area contributed by atoms with E-state index in [9.17, 15) is 0 Å². The molecule has 2 heterocycles. The average molecular weight is 265 g/mol.